The zero-order chi connectivity index (χ0) is 27.8. The van der Waals surface area contributed by atoms with Crippen LogP contribution in [0, 0.1) is 12.7 Å². The highest BCUT2D eigenvalue weighted by molar-refractivity contribution is 7.76. The maximum Gasteiger partial charge on any atom is 0.304 e. The average molecular weight is 549 g/mol. The van der Waals surface area contributed by atoms with E-state index in [1.54, 1.807) is 37.3 Å². The molecule has 1 heterocycles. The van der Waals surface area contributed by atoms with Crippen molar-refractivity contribution in [2.24, 2.45) is 0 Å². The Hall–Kier alpha value is -4.01. The fraction of sp³-hybridized carbons (Fsp3) is 0.292. The summed E-state index contributed by atoms with van der Waals surface area (Å²) in [5, 5.41) is 14.8. The van der Waals surface area contributed by atoms with Gasteiger partial charge in [-0.25, -0.2) is 13.7 Å². The van der Waals surface area contributed by atoms with Gasteiger partial charge < -0.3 is 34.5 Å². The molecule has 3 N–H and O–H groups in total. The topological polar surface area (TPSA) is 158 Å². The van der Waals surface area contributed by atoms with Crippen molar-refractivity contribution in [2.75, 3.05) is 38.5 Å². The van der Waals surface area contributed by atoms with Crippen LogP contribution >= 0.6 is 0 Å². The van der Waals surface area contributed by atoms with Gasteiger partial charge in [0.25, 0.3) is 0 Å². The molecule has 1 aromatic heterocycles. The van der Waals surface area contributed by atoms with E-state index in [1.807, 2.05) is 0 Å². The number of nitrogens with one attached hydrogen (secondary N) is 2. The lowest BCUT2D eigenvalue weighted by molar-refractivity contribution is -0.137. The van der Waals surface area contributed by atoms with E-state index < -0.39 is 23.1 Å². The van der Waals surface area contributed by atoms with Gasteiger partial charge in [-0.3, -0.25) is 9.00 Å². The van der Waals surface area contributed by atoms with Crippen LogP contribution < -0.4 is 24.8 Å². The largest absolute Gasteiger partial charge is 0.760 e. The standard InChI is InChI=1S/C24H28FN5O7S/c1-14-6-5-7-18(16(14)13-30(38(33)34)9-8-21(31)32)28-23-17(25)12-26-24(29-23)27-15-10-19(35-2)22(37-4)20(11-15)36-3/h5-7,10-12H,8-9,13H2,1-4H3,(H,31,32)(H,33,34)(H2,26,27,28,29)/p-1. The van der Waals surface area contributed by atoms with Crippen molar-refractivity contribution in [3.63, 3.8) is 0 Å². The molecule has 0 fully saturated rings. The zero-order valence-electron chi connectivity index (χ0n) is 21.1. The molecule has 0 saturated heterocycles. The number of carboxylic acid groups (broad SMARTS) is 1. The smallest absolute Gasteiger partial charge is 0.304 e. The minimum Gasteiger partial charge on any atom is -0.760 e. The molecule has 2 aromatic carbocycles. The van der Waals surface area contributed by atoms with Crippen molar-refractivity contribution < 1.29 is 37.3 Å². The molecule has 0 aliphatic heterocycles. The van der Waals surface area contributed by atoms with Gasteiger partial charge in [-0.1, -0.05) is 12.1 Å². The summed E-state index contributed by atoms with van der Waals surface area (Å²) >= 11 is -2.67. The number of halogens is 1. The second kappa shape index (κ2) is 13.0. The number of nitrogens with zero attached hydrogens (tertiary/aromatic N) is 3. The lowest BCUT2D eigenvalue weighted by atomic mass is 10.1. The number of aliphatic carboxylic acids is 1. The maximum atomic E-state index is 14.7. The Kier molecular flexibility index (Phi) is 9.76. The van der Waals surface area contributed by atoms with Gasteiger partial charge in [0.15, 0.2) is 23.1 Å². The van der Waals surface area contributed by atoms with Crippen molar-refractivity contribution in [1.82, 2.24) is 14.3 Å². The first-order chi connectivity index (χ1) is 18.2. The Labute approximate surface area is 221 Å². The molecule has 0 radical (unpaired) electrons. The van der Waals surface area contributed by atoms with Crippen LogP contribution in [0.5, 0.6) is 17.2 Å². The lowest BCUT2D eigenvalue weighted by Gasteiger charge is -2.26. The number of hydrogen-bond acceptors (Lipinski definition) is 10. The van der Waals surface area contributed by atoms with Crippen LogP contribution in [0.15, 0.2) is 36.5 Å². The average Bonchev–Trinajstić information content (AvgIpc) is 2.88. The van der Waals surface area contributed by atoms with Crippen LogP contribution in [-0.4, -0.2) is 62.0 Å². The number of aromatic nitrogens is 2. The van der Waals surface area contributed by atoms with Gasteiger partial charge in [-0.05, 0) is 24.1 Å². The van der Waals surface area contributed by atoms with Gasteiger partial charge in [-0.15, -0.1) is 0 Å². The number of ether oxygens (including phenoxy) is 3. The number of rotatable bonds is 13. The molecule has 0 aliphatic carbocycles. The van der Waals surface area contributed by atoms with Crippen LogP contribution in [0.3, 0.4) is 0 Å². The molecule has 0 spiro atoms. The lowest BCUT2D eigenvalue weighted by Crippen LogP contribution is -2.28. The van der Waals surface area contributed by atoms with E-state index in [0.29, 0.717) is 39.8 Å². The van der Waals surface area contributed by atoms with Crippen LogP contribution in [0.1, 0.15) is 17.5 Å². The highest BCUT2D eigenvalue weighted by atomic mass is 32.2. The number of hydrogen-bond donors (Lipinski definition) is 3. The van der Waals surface area contributed by atoms with Gasteiger partial charge in [0.2, 0.25) is 11.7 Å². The molecule has 204 valence electrons. The number of aryl methyl sites for hydroxylation is 1. The minimum atomic E-state index is -2.67. The number of methoxy groups -OCH3 is 3. The summed E-state index contributed by atoms with van der Waals surface area (Å²) in [6, 6.07) is 8.38. The summed E-state index contributed by atoms with van der Waals surface area (Å²) in [6.07, 6.45) is 0.621. The minimum absolute atomic E-state index is 0.0566. The predicted molar refractivity (Wildman–Crippen MR) is 137 cm³/mol. The van der Waals surface area contributed by atoms with Gasteiger partial charge in [-0.2, -0.15) is 4.98 Å². The summed E-state index contributed by atoms with van der Waals surface area (Å²) in [6.45, 7) is 1.42. The molecular formula is C24H27FN5O7S-. The third-order valence-corrected chi connectivity index (χ3v) is 6.18. The Morgan fingerprint density at radius 3 is 2.42 bits per heavy atom. The van der Waals surface area contributed by atoms with Crippen molar-refractivity contribution in [3.8, 4) is 17.2 Å². The molecule has 3 rings (SSSR count). The molecule has 1 unspecified atom stereocenters. The van der Waals surface area contributed by atoms with Crippen LogP contribution in [0.25, 0.3) is 0 Å². The number of carboxylic acids is 1. The summed E-state index contributed by atoms with van der Waals surface area (Å²) in [7, 11) is 4.43. The molecular weight excluding hydrogens is 521 g/mol. The van der Waals surface area contributed by atoms with Crippen LogP contribution in [0.2, 0.25) is 0 Å². The quantitative estimate of drug-likeness (QED) is 0.268. The fourth-order valence-corrected chi connectivity index (χ4v) is 4.03. The van der Waals surface area contributed by atoms with E-state index in [9.17, 15) is 17.9 Å². The molecule has 0 saturated carbocycles. The maximum absolute atomic E-state index is 14.7. The fourth-order valence-electron chi connectivity index (χ4n) is 3.56. The van der Waals surface area contributed by atoms with Gasteiger partial charge in [0.05, 0.1) is 33.9 Å². The molecule has 12 nitrogen and oxygen atoms in total. The summed E-state index contributed by atoms with van der Waals surface area (Å²) < 4.78 is 55.1. The molecule has 3 aromatic rings. The van der Waals surface area contributed by atoms with E-state index in [1.165, 1.54) is 21.3 Å². The zero-order valence-corrected chi connectivity index (χ0v) is 21.9. The van der Waals surface area contributed by atoms with E-state index in [-0.39, 0.29) is 31.3 Å². The third kappa shape index (κ3) is 7.06. The van der Waals surface area contributed by atoms with E-state index in [4.69, 9.17) is 19.3 Å². The second-order valence-electron chi connectivity index (χ2n) is 7.88. The molecule has 38 heavy (non-hydrogen) atoms. The molecule has 0 aliphatic rings. The van der Waals surface area contributed by atoms with Gasteiger partial charge in [0.1, 0.15) is 0 Å². The first-order valence-electron chi connectivity index (χ1n) is 11.2. The van der Waals surface area contributed by atoms with Crippen molar-refractivity contribution in [3.05, 3.63) is 53.5 Å². The predicted octanol–water partition coefficient (Wildman–Crippen LogP) is 3.51. The molecule has 0 bridgehead atoms. The van der Waals surface area contributed by atoms with Gasteiger partial charge in [0, 0.05) is 47.9 Å². The van der Waals surface area contributed by atoms with Crippen LogP contribution in [0.4, 0.5) is 27.5 Å². The SMILES string of the molecule is COc1cc(Nc2ncc(F)c(Nc3cccc(C)c3CN(CCC(=O)O)S(=O)[O-])n2)cc(OC)c1OC. The first kappa shape index (κ1) is 28.6. The molecule has 0 amide bonds. The van der Waals surface area contributed by atoms with E-state index in [2.05, 4.69) is 20.6 Å². The van der Waals surface area contributed by atoms with Crippen molar-refractivity contribution >= 4 is 40.4 Å². The molecule has 14 heteroatoms. The normalized spacial score (nSPS) is 11.7. The molecule has 1 atom stereocenters. The number of carbonyl (C=O) groups is 1. The highest BCUT2D eigenvalue weighted by Crippen LogP contribution is 2.40. The highest BCUT2D eigenvalue weighted by Gasteiger charge is 2.17. The summed E-state index contributed by atoms with van der Waals surface area (Å²) in [5.41, 5.74) is 2.12. The monoisotopic (exact) mass is 548 g/mol. The Balaban J connectivity index is 1.90. The third-order valence-electron chi connectivity index (χ3n) is 5.45. The Morgan fingerprint density at radius 1 is 1.16 bits per heavy atom. The van der Waals surface area contributed by atoms with E-state index >= 15 is 0 Å². The second-order valence-corrected chi connectivity index (χ2v) is 8.83. The summed E-state index contributed by atoms with van der Waals surface area (Å²) in [5.74, 6) is -0.804. The first-order valence-corrected chi connectivity index (χ1v) is 12.2. The Morgan fingerprint density at radius 2 is 1.84 bits per heavy atom. The number of benzene rings is 2. The van der Waals surface area contributed by atoms with Gasteiger partial charge >= 0.3 is 5.97 Å². The van der Waals surface area contributed by atoms with E-state index in [0.717, 1.165) is 10.5 Å². The number of anilines is 4. The van der Waals surface area contributed by atoms with Crippen molar-refractivity contribution in [2.45, 2.75) is 19.9 Å². The van der Waals surface area contributed by atoms with Crippen molar-refractivity contribution in [1.29, 1.82) is 0 Å². The summed E-state index contributed by atoms with van der Waals surface area (Å²) in [4.78, 5) is 19.1. The Bertz CT molecular complexity index is 1300. The van der Waals surface area contributed by atoms with Crippen LogP contribution in [-0.2, 0) is 22.6 Å².